The molecular weight excluding hydrogens is 220 g/mol. The van der Waals surface area contributed by atoms with Crippen molar-refractivity contribution in [2.75, 3.05) is 13.1 Å². The van der Waals surface area contributed by atoms with Gasteiger partial charge in [0.2, 0.25) is 0 Å². The van der Waals surface area contributed by atoms with Gasteiger partial charge in [0.15, 0.2) is 0 Å². The van der Waals surface area contributed by atoms with Crippen molar-refractivity contribution in [1.29, 1.82) is 0 Å². The van der Waals surface area contributed by atoms with Crippen molar-refractivity contribution in [1.82, 2.24) is 4.90 Å². The highest BCUT2D eigenvalue weighted by molar-refractivity contribution is 4.98. The molecule has 1 unspecified atom stereocenters. The van der Waals surface area contributed by atoms with Gasteiger partial charge in [0.25, 0.3) is 0 Å². The minimum atomic E-state index is 0.271. The molecule has 1 heterocycles. The predicted molar refractivity (Wildman–Crippen MR) is 80.8 cm³/mol. The van der Waals surface area contributed by atoms with E-state index in [4.69, 9.17) is 5.73 Å². The molecule has 0 aliphatic carbocycles. The van der Waals surface area contributed by atoms with E-state index in [-0.39, 0.29) is 5.54 Å². The van der Waals surface area contributed by atoms with Gasteiger partial charge in [-0.1, -0.05) is 40.5 Å². The van der Waals surface area contributed by atoms with Crippen LogP contribution in [0.3, 0.4) is 0 Å². The summed E-state index contributed by atoms with van der Waals surface area (Å²) in [5.74, 6) is 0.807. The SMILES string of the molecule is CCC(CC)(C(N)CCCC(C)C)N1CCCC1. The third-order valence-electron chi connectivity index (χ3n) is 4.95. The maximum atomic E-state index is 6.60. The Morgan fingerprint density at radius 3 is 2.06 bits per heavy atom. The van der Waals surface area contributed by atoms with E-state index in [1.807, 2.05) is 0 Å². The Bertz CT molecular complexity index is 215. The number of likely N-dealkylation sites (tertiary alicyclic amines) is 1. The molecule has 0 spiro atoms. The summed E-state index contributed by atoms with van der Waals surface area (Å²) in [7, 11) is 0. The summed E-state index contributed by atoms with van der Waals surface area (Å²) < 4.78 is 0. The lowest BCUT2D eigenvalue weighted by Crippen LogP contribution is -2.58. The summed E-state index contributed by atoms with van der Waals surface area (Å²) in [6.07, 6.45) is 8.92. The van der Waals surface area contributed by atoms with Gasteiger partial charge in [-0.2, -0.15) is 0 Å². The summed E-state index contributed by atoms with van der Waals surface area (Å²) in [6, 6.07) is 0.351. The van der Waals surface area contributed by atoms with Crippen LogP contribution in [-0.4, -0.2) is 29.6 Å². The quantitative estimate of drug-likeness (QED) is 0.714. The fourth-order valence-corrected chi connectivity index (χ4v) is 3.63. The Balaban J connectivity index is 2.58. The van der Waals surface area contributed by atoms with Gasteiger partial charge in [0.05, 0.1) is 0 Å². The number of hydrogen-bond acceptors (Lipinski definition) is 2. The summed E-state index contributed by atoms with van der Waals surface area (Å²) in [4.78, 5) is 2.69. The van der Waals surface area contributed by atoms with Gasteiger partial charge in [-0.05, 0) is 51.1 Å². The number of nitrogens with zero attached hydrogens (tertiary/aromatic N) is 1. The molecule has 0 aromatic rings. The molecule has 2 nitrogen and oxygen atoms in total. The summed E-state index contributed by atoms with van der Waals surface area (Å²) in [5.41, 5.74) is 6.87. The molecule has 0 amide bonds. The van der Waals surface area contributed by atoms with Crippen LogP contribution in [0.2, 0.25) is 0 Å². The van der Waals surface area contributed by atoms with Crippen LogP contribution >= 0.6 is 0 Å². The molecule has 0 saturated carbocycles. The first-order valence-electron chi connectivity index (χ1n) is 8.07. The van der Waals surface area contributed by atoms with Crippen LogP contribution in [-0.2, 0) is 0 Å². The van der Waals surface area contributed by atoms with Gasteiger partial charge in [0.1, 0.15) is 0 Å². The molecule has 18 heavy (non-hydrogen) atoms. The van der Waals surface area contributed by atoms with Crippen LogP contribution < -0.4 is 5.73 Å². The highest BCUT2D eigenvalue weighted by Gasteiger charge is 2.39. The second-order valence-electron chi connectivity index (χ2n) is 6.44. The summed E-state index contributed by atoms with van der Waals surface area (Å²) >= 11 is 0. The van der Waals surface area contributed by atoms with Crippen molar-refractivity contribution in [2.24, 2.45) is 11.7 Å². The number of nitrogens with two attached hydrogens (primary N) is 1. The van der Waals surface area contributed by atoms with Crippen LogP contribution in [0.1, 0.15) is 72.6 Å². The van der Waals surface area contributed by atoms with E-state index < -0.39 is 0 Å². The van der Waals surface area contributed by atoms with Crippen molar-refractivity contribution < 1.29 is 0 Å². The third kappa shape index (κ3) is 3.71. The summed E-state index contributed by atoms with van der Waals surface area (Å²) in [5, 5.41) is 0. The molecule has 1 rings (SSSR count). The van der Waals surface area contributed by atoms with Gasteiger partial charge in [-0.15, -0.1) is 0 Å². The first-order valence-corrected chi connectivity index (χ1v) is 8.07. The molecule has 0 radical (unpaired) electrons. The van der Waals surface area contributed by atoms with Gasteiger partial charge in [0, 0.05) is 11.6 Å². The fourth-order valence-electron chi connectivity index (χ4n) is 3.63. The predicted octanol–water partition coefficient (Wildman–Crippen LogP) is 3.79. The topological polar surface area (TPSA) is 29.3 Å². The average Bonchev–Trinajstić information content (AvgIpc) is 2.85. The molecule has 1 atom stereocenters. The second kappa shape index (κ2) is 7.49. The minimum absolute atomic E-state index is 0.271. The van der Waals surface area contributed by atoms with E-state index in [1.54, 1.807) is 0 Å². The second-order valence-corrected chi connectivity index (χ2v) is 6.44. The summed E-state index contributed by atoms with van der Waals surface area (Å²) in [6.45, 7) is 11.8. The van der Waals surface area contributed by atoms with Crippen LogP contribution in [0, 0.1) is 5.92 Å². The lowest BCUT2D eigenvalue weighted by molar-refractivity contribution is 0.0724. The smallest absolute Gasteiger partial charge is 0.0355 e. The monoisotopic (exact) mass is 254 g/mol. The van der Waals surface area contributed by atoms with Crippen molar-refractivity contribution in [3.05, 3.63) is 0 Å². The molecule has 1 aliphatic rings. The van der Waals surface area contributed by atoms with Crippen molar-refractivity contribution >= 4 is 0 Å². The number of hydrogen-bond donors (Lipinski definition) is 1. The fraction of sp³-hybridized carbons (Fsp3) is 1.00. The van der Waals surface area contributed by atoms with Crippen LogP contribution in [0.25, 0.3) is 0 Å². The molecule has 0 aromatic carbocycles. The van der Waals surface area contributed by atoms with E-state index in [9.17, 15) is 0 Å². The van der Waals surface area contributed by atoms with Gasteiger partial charge in [-0.3, -0.25) is 4.90 Å². The molecule has 108 valence electrons. The minimum Gasteiger partial charge on any atom is -0.326 e. The van der Waals surface area contributed by atoms with Crippen LogP contribution in [0.15, 0.2) is 0 Å². The molecular formula is C16H34N2. The largest absolute Gasteiger partial charge is 0.326 e. The van der Waals surface area contributed by atoms with E-state index in [0.717, 1.165) is 5.92 Å². The van der Waals surface area contributed by atoms with E-state index >= 15 is 0 Å². The Labute approximate surface area is 114 Å². The molecule has 1 saturated heterocycles. The molecule has 1 aliphatic heterocycles. The zero-order chi connectivity index (χ0) is 13.6. The van der Waals surface area contributed by atoms with Gasteiger partial charge in [-0.25, -0.2) is 0 Å². The molecule has 0 bridgehead atoms. The van der Waals surface area contributed by atoms with E-state index in [2.05, 4.69) is 32.6 Å². The Morgan fingerprint density at radius 2 is 1.61 bits per heavy atom. The van der Waals surface area contributed by atoms with E-state index in [1.165, 1.54) is 58.0 Å². The molecule has 2 heteroatoms. The Kier molecular flexibility index (Phi) is 6.65. The third-order valence-corrected chi connectivity index (χ3v) is 4.95. The highest BCUT2D eigenvalue weighted by Crippen LogP contribution is 2.32. The van der Waals surface area contributed by atoms with Crippen LogP contribution in [0.4, 0.5) is 0 Å². The Morgan fingerprint density at radius 1 is 1.06 bits per heavy atom. The van der Waals surface area contributed by atoms with Crippen LogP contribution in [0.5, 0.6) is 0 Å². The standard InChI is InChI=1S/C16H34N2/c1-5-16(6-2,18-12-7-8-13-18)15(17)11-9-10-14(3)4/h14-15H,5-13,17H2,1-4H3. The zero-order valence-electron chi connectivity index (χ0n) is 13.0. The van der Waals surface area contributed by atoms with Crippen molar-refractivity contribution in [3.63, 3.8) is 0 Å². The zero-order valence-corrected chi connectivity index (χ0v) is 13.0. The first-order chi connectivity index (χ1) is 8.56. The lowest BCUT2D eigenvalue weighted by atomic mass is 9.80. The maximum Gasteiger partial charge on any atom is 0.0355 e. The van der Waals surface area contributed by atoms with Crippen molar-refractivity contribution in [2.45, 2.75) is 84.2 Å². The molecule has 1 fully saturated rings. The molecule has 2 N–H and O–H groups in total. The normalized spacial score (nSPS) is 19.7. The first kappa shape index (κ1) is 16.0. The Hall–Kier alpha value is -0.0800. The van der Waals surface area contributed by atoms with Gasteiger partial charge < -0.3 is 5.73 Å². The molecule has 0 aromatic heterocycles. The maximum absolute atomic E-state index is 6.60. The van der Waals surface area contributed by atoms with Crippen molar-refractivity contribution in [3.8, 4) is 0 Å². The van der Waals surface area contributed by atoms with Gasteiger partial charge >= 0.3 is 0 Å². The van der Waals surface area contributed by atoms with E-state index in [0.29, 0.717) is 6.04 Å². The number of rotatable bonds is 8. The lowest BCUT2D eigenvalue weighted by Gasteiger charge is -2.45. The average molecular weight is 254 g/mol. The highest BCUT2D eigenvalue weighted by atomic mass is 15.2.